The molecule has 1 aliphatic carbocycles. The minimum atomic E-state index is -2.07. The number of hydrogen-bond acceptors (Lipinski definition) is 2. The molecule has 0 heterocycles. The predicted molar refractivity (Wildman–Crippen MR) is 280 cm³/mol. The lowest BCUT2D eigenvalue weighted by molar-refractivity contribution is 0.965. The molecular weight excluding hydrogens is 793 g/mol. The van der Waals surface area contributed by atoms with E-state index in [2.05, 4.69) is 247 Å². The molecule has 0 amide bonds. The van der Waals surface area contributed by atoms with Gasteiger partial charge in [-0.3, -0.25) is 0 Å². The highest BCUT2D eigenvalue weighted by atomic mass is 28.4. The molecule has 63 heavy (non-hydrogen) atoms. The number of fused-ring (bicyclic) bond motifs is 9. The summed E-state index contributed by atoms with van der Waals surface area (Å²) in [7, 11) is -4.14. The molecule has 0 bridgehead atoms. The second-order valence-corrected chi connectivity index (χ2v) is 31.1. The van der Waals surface area contributed by atoms with Crippen LogP contribution in [0.3, 0.4) is 0 Å². The zero-order valence-corrected chi connectivity index (χ0v) is 40.6. The number of rotatable bonds is 8. The lowest BCUT2D eigenvalue weighted by Gasteiger charge is -2.51. The quantitative estimate of drug-likeness (QED) is 0.111. The topological polar surface area (TPSA) is 6.48 Å². The van der Waals surface area contributed by atoms with Crippen LogP contribution < -0.4 is 9.80 Å². The Morgan fingerprint density at radius 3 is 1.44 bits per heavy atom. The molecule has 0 radical (unpaired) electrons. The summed E-state index contributed by atoms with van der Waals surface area (Å²) >= 11 is 0. The van der Waals surface area contributed by atoms with Crippen molar-refractivity contribution >= 4 is 82.6 Å². The predicted octanol–water partition coefficient (Wildman–Crippen LogP) is 17.3. The Bertz CT molecular complexity index is 3230. The second kappa shape index (κ2) is 15.0. The Kier molecular flexibility index (Phi) is 9.70. The van der Waals surface area contributed by atoms with Crippen LogP contribution in [0.4, 0.5) is 34.1 Å². The first-order valence-corrected chi connectivity index (χ1v) is 29.6. The molecule has 1 aliphatic rings. The average Bonchev–Trinajstić information content (AvgIpc) is 3.58. The Labute approximate surface area is 376 Å². The lowest BCUT2D eigenvalue weighted by Crippen LogP contribution is -2.63. The van der Waals surface area contributed by atoms with Crippen LogP contribution in [0.5, 0.6) is 0 Å². The van der Waals surface area contributed by atoms with E-state index in [0.717, 1.165) is 5.69 Å². The number of aryl methyl sites for hydroxylation is 4. The van der Waals surface area contributed by atoms with Gasteiger partial charge in [0.2, 0.25) is 0 Å². The SMILES string of the molecule is Cc1ccc(C)c(N(c2ccccc2)c2ccc3cc4c(cc3c2)C([Si](C)(C)C)([Si](C)(C)C)c2c-4c3ccccc3c3cc(N(c4ccccc4)c4cc(C)ccc4C)ccc23)c1. The maximum Gasteiger partial charge on any atom is 0.0579 e. The summed E-state index contributed by atoms with van der Waals surface area (Å²) in [6.07, 6.45) is 0. The Morgan fingerprint density at radius 1 is 0.381 bits per heavy atom. The fourth-order valence-corrected chi connectivity index (χ4v) is 24.7. The van der Waals surface area contributed by atoms with Crippen molar-refractivity contribution in [1.82, 2.24) is 0 Å². The van der Waals surface area contributed by atoms with Gasteiger partial charge in [-0.15, -0.1) is 0 Å². The van der Waals surface area contributed by atoms with Crippen LogP contribution in [0.1, 0.15) is 33.4 Å². The van der Waals surface area contributed by atoms with Gasteiger partial charge in [0, 0.05) is 38.8 Å². The minimum absolute atomic E-state index is 0.0723. The molecule has 0 saturated heterocycles. The molecular formula is C59H58N2Si2. The van der Waals surface area contributed by atoms with Gasteiger partial charge >= 0.3 is 0 Å². The fourth-order valence-electron chi connectivity index (χ4n) is 11.7. The van der Waals surface area contributed by atoms with Gasteiger partial charge in [-0.1, -0.05) is 142 Å². The van der Waals surface area contributed by atoms with E-state index in [1.165, 1.54) is 94.1 Å². The Balaban J connectivity index is 1.27. The summed E-state index contributed by atoms with van der Waals surface area (Å²) in [5, 5.41) is 7.99. The molecule has 0 fully saturated rings. The third-order valence-electron chi connectivity index (χ3n) is 14.0. The van der Waals surface area contributed by atoms with Gasteiger partial charge in [-0.25, -0.2) is 0 Å². The smallest absolute Gasteiger partial charge is 0.0579 e. The van der Waals surface area contributed by atoms with Crippen molar-refractivity contribution in [1.29, 1.82) is 0 Å². The Hall–Kier alpha value is -6.21. The standard InChI is InChI=1S/C59H58N2Si2/c1-39-25-27-41(3)55(33-39)60(45-19-13-11-14-20-45)47-30-29-43-36-53-54(37-44(43)35-47)59(62(5,6)7,63(8,9)10)58-51-32-31-48(38-52(51)49-23-17-18-24-50(49)57(53)58)61(46-21-15-12-16-22-46)56-34-40(2)26-28-42(56)4/h11-38H,1-10H3. The van der Waals surface area contributed by atoms with E-state index in [4.69, 9.17) is 0 Å². The minimum Gasteiger partial charge on any atom is -0.310 e. The van der Waals surface area contributed by atoms with E-state index in [9.17, 15) is 0 Å². The lowest BCUT2D eigenvalue weighted by atomic mass is 9.90. The second-order valence-electron chi connectivity index (χ2n) is 20.1. The number of benzene rings is 9. The van der Waals surface area contributed by atoms with Crippen molar-refractivity contribution in [3.8, 4) is 11.1 Å². The largest absolute Gasteiger partial charge is 0.310 e. The van der Waals surface area contributed by atoms with Crippen LogP contribution in [0.2, 0.25) is 39.3 Å². The highest BCUT2D eigenvalue weighted by molar-refractivity contribution is 7.00. The first-order valence-electron chi connectivity index (χ1n) is 22.6. The van der Waals surface area contributed by atoms with Gasteiger partial charge < -0.3 is 9.80 Å². The molecule has 4 heteroatoms. The van der Waals surface area contributed by atoms with E-state index in [1.807, 2.05) is 0 Å². The van der Waals surface area contributed by atoms with Gasteiger partial charge in [0.1, 0.15) is 0 Å². The van der Waals surface area contributed by atoms with Crippen LogP contribution in [0.15, 0.2) is 170 Å². The van der Waals surface area contributed by atoms with Crippen molar-refractivity contribution in [2.24, 2.45) is 0 Å². The summed E-state index contributed by atoms with van der Waals surface area (Å²) in [6, 6.07) is 64.4. The monoisotopic (exact) mass is 850 g/mol. The summed E-state index contributed by atoms with van der Waals surface area (Å²) in [4.78, 5) is 4.91. The van der Waals surface area contributed by atoms with Crippen molar-refractivity contribution in [2.75, 3.05) is 9.80 Å². The van der Waals surface area contributed by atoms with Crippen LogP contribution in [0.25, 0.3) is 43.4 Å². The number of para-hydroxylation sites is 2. The van der Waals surface area contributed by atoms with Crippen LogP contribution in [-0.4, -0.2) is 16.1 Å². The molecule has 10 rings (SSSR count). The maximum absolute atomic E-state index is 2.65. The zero-order valence-electron chi connectivity index (χ0n) is 38.6. The first-order chi connectivity index (χ1) is 30.2. The summed E-state index contributed by atoms with van der Waals surface area (Å²) < 4.78 is -0.0723. The van der Waals surface area contributed by atoms with Gasteiger partial charge in [0.25, 0.3) is 0 Å². The Morgan fingerprint density at radius 2 is 0.889 bits per heavy atom. The van der Waals surface area contributed by atoms with E-state index < -0.39 is 16.1 Å². The van der Waals surface area contributed by atoms with Crippen molar-refractivity contribution in [2.45, 2.75) is 71.6 Å². The van der Waals surface area contributed by atoms with E-state index in [-0.39, 0.29) is 4.66 Å². The summed E-state index contributed by atoms with van der Waals surface area (Å²) in [5.41, 5.74) is 18.1. The third kappa shape index (κ3) is 6.40. The zero-order chi connectivity index (χ0) is 44.0. The number of nitrogens with zero attached hydrogens (tertiary/aromatic N) is 2. The molecule has 0 N–H and O–H groups in total. The van der Waals surface area contributed by atoms with E-state index in [1.54, 1.807) is 11.1 Å². The molecule has 0 aromatic heterocycles. The van der Waals surface area contributed by atoms with Crippen LogP contribution >= 0.6 is 0 Å². The summed E-state index contributed by atoms with van der Waals surface area (Å²) in [6.45, 7) is 24.7. The molecule has 0 atom stereocenters. The highest BCUT2D eigenvalue weighted by Gasteiger charge is 2.60. The molecule has 0 aliphatic heterocycles. The maximum atomic E-state index is 2.65. The van der Waals surface area contributed by atoms with Gasteiger partial charge in [-0.2, -0.15) is 0 Å². The van der Waals surface area contributed by atoms with Gasteiger partial charge in [0.15, 0.2) is 0 Å². The van der Waals surface area contributed by atoms with Gasteiger partial charge in [-0.05, 0) is 171 Å². The normalized spacial score (nSPS) is 13.4. The number of anilines is 6. The average molecular weight is 851 g/mol. The van der Waals surface area contributed by atoms with Crippen molar-refractivity contribution in [3.63, 3.8) is 0 Å². The van der Waals surface area contributed by atoms with Crippen molar-refractivity contribution in [3.05, 3.63) is 203 Å². The third-order valence-corrected chi connectivity index (χ3v) is 24.1. The molecule has 9 aromatic rings. The van der Waals surface area contributed by atoms with E-state index >= 15 is 0 Å². The molecule has 0 spiro atoms. The first kappa shape index (κ1) is 40.8. The molecule has 2 nitrogen and oxygen atoms in total. The van der Waals surface area contributed by atoms with Crippen LogP contribution in [-0.2, 0) is 4.66 Å². The molecule has 0 saturated carbocycles. The van der Waals surface area contributed by atoms with E-state index in [0.29, 0.717) is 0 Å². The fraction of sp³-hybridized carbons (Fsp3) is 0.186. The molecule has 9 aromatic carbocycles. The van der Waals surface area contributed by atoms with Gasteiger partial charge in [0.05, 0.1) is 16.1 Å². The van der Waals surface area contributed by atoms with Crippen LogP contribution in [0, 0.1) is 27.7 Å². The summed E-state index contributed by atoms with van der Waals surface area (Å²) in [5.74, 6) is 0. The highest BCUT2D eigenvalue weighted by Crippen LogP contribution is 2.62. The number of hydrogen-bond donors (Lipinski definition) is 0. The van der Waals surface area contributed by atoms with Crippen molar-refractivity contribution < 1.29 is 0 Å². The molecule has 0 unspecified atom stereocenters. The molecule has 312 valence electrons.